The standard InChI is InChI=1S/C25H33ClN4O2/c1-18(31)28(2)22-13-16-30(17-22)21-9-7-20(8-10-21)27-25(32)29-14-11-19(12-15-29)23-5-3-4-6-24(23)26/h3-10,18-19,22,31H,11-17H2,1-2H3,(H,27,32). The summed E-state index contributed by atoms with van der Waals surface area (Å²) in [6.07, 6.45) is 2.44. The number of rotatable bonds is 5. The first-order valence-corrected chi connectivity index (χ1v) is 11.9. The molecule has 172 valence electrons. The minimum absolute atomic E-state index is 0.0462. The number of benzene rings is 2. The lowest BCUT2D eigenvalue weighted by Crippen LogP contribution is -2.40. The molecule has 7 heteroatoms. The largest absolute Gasteiger partial charge is 0.379 e. The summed E-state index contributed by atoms with van der Waals surface area (Å²) in [7, 11) is 1.97. The molecule has 2 aliphatic heterocycles. The Morgan fingerprint density at radius 1 is 1.09 bits per heavy atom. The maximum Gasteiger partial charge on any atom is 0.321 e. The van der Waals surface area contributed by atoms with Gasteiger partial charge in [-0.25, -0.2) is 4.79 Å². The number of hydrogen-bond acceptors (Lipinski definition) is 4. The van der Waals surface area contributed by atoms with Crippen molar-refractivity contribution in [2.24, 2.45) is 0 Å². The van der Waals surface area contributed by atoms with Gasteiger partial charge in [-0.05, 0) is 75.0 Å². The highest BCUT2D eigenvalue weighted by Gasteiger charge is 2.28. The van der Waals surface area contributed by atoms with Crippen molar-refractivity contribution in [1.82, 2.24) is 9.80 Å². The Hall–Kier alpha value is -2.28. The summed E-state index contributed by atoms with van der Waals surface area (Å²) in [6.45, 7) is 5.12. The summed E-state index contributed by atoms with van der Waals surface area (Å²) < 4.78 is 0. The van der Waals surface area contributed by atoms with Gasteiger partial charge in [0.25, 0.3) is 0 Å². The van der Waals surface area contributed by atoms with Gasteiger partial charge in [-0.15, -0.1) is 0 Å². The van der Waals surface area contributed by atoms with Crippen molar-refractivity contribution in [3.63, 3.8) is 0 Å². The molecule has 2 aromatic rings. The SMILES string of the molecule is CC(O)N(C)C1CCN(c2ccc(NC(=O)N3CCC(c4ccccc4Cl)CC3)cc2)C1. The molecule has 6 nitrogen and oxygen atoms in total. The fourth-order valence-electron chi connectivity index (χ4n) is 4.77. The summed E-state index contributed by atoms with van der Waals surface area (Å²) in [6, 6.07) is 16.4. The van der Waals surface area contributed by atoms with Gasteiger partial charge in [0.05, 0.1) is 0 Å². The summed E-state index contributed by atoms with van der Waals surface area (Å²) in [5.74, 6) is 0.407. The lowest BCUT2D eigenvalue weighted by atomic mass is 9.89. The van der Waals surface area contributed by atoms with Crippen molar-refractivity contribution in [3.8, 4) is 0 Å². The number of halogens is 1. The van der Waals surface area contributed by atoms with Crippen molar-refractivity contribution in [1.29, 1.82) is 0 Å². The van der Waals surface area contributed by atoms with Crippen LogP contribution < -0.4 is 10.2 Å². The summed E-state index contributed by atoms with van der Waals surface area (Å²) in [5.41, 5.74) is 3.14. The first kappa shape index (κ1) is 22.9. The van der Waals surface area contributed by atoms with Crippen LogP contribution >= 0.6 is 11.6 Å². The Balaban J connectivity index is 1.28. The molecule has 0 radical (unpaired) electrons. The number of piperidine rings is 1. The molecule has 32 heavy (non-hydrogen) atoms. The Labute approximate surface area is 195 Å². The molecule has 0 saturated carbocycles. The van der Waals surface area contributed by atoms with Crippen LogP contribution in [0.2, 0.25) is 5.02 Å². The van der Waals surface area contributed by atoms with Gasteiger partial charge in [0.1, 0.15) is 6.23 Å². The van der Waals surface area contributed by atoms with E-state index in [1.807, 2.05) is 47.2 Å². The van der Waals surface area contributed by atoms with Crippen LogP contribution in [0.25, 0.3) is 0 Å². The fraction of sp³-hybridized carbons (Fsp3) is 0.480. The Bertz CT molecular complexity index is 912. The molecule has 0 bridgehead atoms. The Morgan fingerprint density at radius 2 is 1.78 bits per heavy atom. The minimum atomic E-state index is -0.438. The van der Waals surface area contributed by atoms with E-state index >= 15 is 0 Å². The van der Waals surface area contributed by atoms with E-state index in [0.717, 1.165) is 61.8 Å². The molecule has 2 aromatic carbocycles. The van der Waals surface area contributed by atoms with Gasteiger partial charge in [-0.1, -0.05) is 29.8 Å². The van der Waals surface area contributed by atoms with Gasteiger partial charge in [-0.3, -0.25) is 4.90 Å². The number of amides is 2. The summed E-state index contributed by atoms with van der Waals surface area (Å²) in [5, 5.41) is 13.7. The van der Waals surface area contributed by atoms with Crippen LogP contribution in [0.15, 0.2) is 48.5 Å². The summed E-state index contributed by atoms with van der Waals surface area (Å²) >= 11 is 6.35. The number of nitrogens with zero attached hydrogens (tertiary/aromatic N) is 3. The number of anilines is 2. The van der Waals surface area contributed by atoms with Gasteiger partial charge in [0.2, 0.25) is 0 Å². The molecular weight excluding hydrogens is 424 g/mol. The first-order valence-electron chi connectivity index (χ1n) is 11.5. The highest BCUT2D eigenvalue weighted by atomic mass is 35.5. The van der Waals surface area contributed by atoms with Crippen LogP contribution in [0.3, 0.4) is 0 Å². The molecule has 2 N–H and O–H groups in total. The minimum Gasteiger partial charge on any atom is -0.379 e. The number of carbonyl (C=O) groups excluding carboxylic acids is 1. The number of aliphatic hydroxyl groups is 1. The van der Waals surface area contributed by atoms with E-state index in [0.29, 0.717) is 12.0 Å². The monoisotopic (exact) mass is 456 g/mol. The number of hydrogen-bond donors (Lipinski definition) is 2. The normalized spacial score (nSPS) is 20.6. The highest BCUT2D eigenvalue weighted by molar-refractivity contribution is 6.31. The van der Waals surface area contributed by atoms with E-state index in [1.54, 1.807) is 6.92 Å². The van der Waals surface area contributed by atoms with Crippen LogP contribution in [-0.2, 0) is 0 Å². The van der Waals surface area contributed by atoms with E-state index in [4.69, 9.17) is 11.6 Å². The fourth-order valence-corrected chi connectivity index (χ4v) is 5.06. The molecule has 0 spiro atoms. The highest BCUT2D eigenvalue weighted by Crippen LogP contribution is 2.33. The Kier molecular flexibility index (Phi) is 7.23. The van der Waals surface area contributed by atoms with E-state index in [1.165, 1.54) is 5.56 Å². The van der Waals surface area contributed by atoms with Crippen LogP contribution in [0.4, 0.5) is 16.2 Å². The van der Waals surface area contributed by atoms with Crippen molar-refractivity contribution in [3.05, 3.63) is 59.1 Å². The van der Waals surface area contributed by atoms with Crippen molar-refractivity contribution < 1.29 is 9.90 Å². The second kappa shape index (κ2) is 10.1. The van der Waals surface area contributed by atoms with E-state index in [9.17, 15) is 9.90 Å². The molecule has 2 heterocycles. The molecule has 2 unspecified atom stereocenters. The zero-order valence-corrected chi connectivity index (χ0v) is 19.6. The molecule has 4 rings (SSSR count). The van der Waals surface area contributed by atoms with Crippen LogP contribution in [0.5, 0.6) is 0 Å². The number of likely N-dealkylation sites (N-methyl/N-ethyl adjacent to an activating group) is 1. The van der Waals surface area contributed by atoms with E-state index in [-0.39, 0.29) is 6.03 Å². The molecular formula is C25H33ClN4O2. The van der Waals surface area contributed by atoms with Gasteiger partial charge in [-0.2, -0.15) is 0 Å². The predicted molar refractivity (Wildman–Crippen MR) is 131 cm³/mol. The maximum atomic E-state index is 12.7. The third-order valence-electron chi connectivity index (χ3n) is 6.94. The second-order valence-corrected chi connectivity index (χ2v) is 9.35. The van der Waals surface area contributed by atoms with Gasteiger partial charge < -0.3 is 20.2 Å². The molecule has 0 aliphatic carbocycles. The van der Waals surface area contributed by atoms with E-state index in [2.05, 4.69) is 28.4 Å². The van der Waals surface area contributed by atoms with Crippen LogP contribution in [-0.4, -0.2) is 66.4 Å². The molecule has 2 amide bonds. The molecule has 2 saturated heterocycles. The van der Waals surface area contributed by atoms with Crippen LogP contribution in [0, 0.1) is 0 Å². The number of aliphatic hydroxyl groups excluding tert-OH is 1. The van der Waals surface area contributed by atoms with Crippen molar-refractivity contribution >= 4 is 29.0 Å². The molecule has 2 fully saturated rings. The van der Waals surface area contributed by atoms with E-state index < -0.39 is 6.23 Å². The van der Waals surface area contributed by atoms with Gasteiger partial charge >= 0.3 is 6.03 Å². The first-order chi connectivity index (χ1) is 15.4. The number of likely N-dealkylation sites (tertiary alicyclic amines) is 1. The maximum absolute atomic E-state index is 12.7. The summed E-state index contributed by atoms with van der Waals surface area (Å²) in [4.78, 5) is 19.0. The van der Waals surface area contributed by atoms with Gasteiger partial charge in [0.15, 0.2) is 0 Å². The quantitative estimate of drug-likeness (QED) is 0.645. The topological polar surface area (TPSA) is 59.1 Å². The Morgan fingerprint density at radius 3 is 2.44 bits per heavy atom. The molecule has 0 aromatic heterocycles. The smallest absolute Gasteiger partial charge is 0.321 e. The average Bonchev–Trinajstić information content (AvgIpc) is 3.29. The second-order valence-electron chi connectivity index (χ2n) is 8.95. The molecule has 2 atom stereocenters. The number of nitrogens with one attached hydrogen (secondary N) is 1. The zero-order valence-electron chi connectivity index (χ0n) is 18.9. The predicted octanol–water partition coefficient (Wildman–Crippen LogP) is 4.60. The molecule has 2 aliphatic rings. The third-order valence-corrected chi connectivity index (χ3v) is 7.28. The third kappa shape index (κ3) is 5.20. The average molecular weight is 457 g/mol. The van der Waals surface area contributed by atoms with Crippen LogP contribution in [0.1, 0.15) is 37.7 Å². The van der Waals surface area contributed by atoms with Gasteiger partial charge in [0, 0.05) is 48.6 Å². The van der Waals surface area contributed by atoms with Crippen molar-refractivity contribution in [2.75, 3.05) is 43.4 Å². The lowest BCUT2D eigenvalue weighted by Gasteiger charge is -2.32. The van der Waals surface area contributed by atoms with Crippen molar-refractivity contribution in [2.45, 2.75) is 44.4 Å². The number of urea groups is 1. The lowest BCUT2D eigenvalue weighted by molar-refractivity contribution is 0.0142. The zero-order chi connectivity index (χ0) is 22.7. The number of carbonyl (C=O) groups is 1.